The van der Waals surface area contributed by atoms with Crippen LogP contribution >= 0.6 is 0 Å². The second-order valence-electron chi connectivity index (χ2n) is 6.78. The maximum Gasteiger partial charge on any atom is 0.275 e. The summed E-state index contributed by atoms with van der Waals surface area (Å²) in [6, 6.07) is 22.3. The van der Waals surface area contributed by atoms with Crippen LogP contribution in [0.4, 0.5) is 0 Å². The number of nitrogens with one attached hydrogen (secondary N) is 1. The zero-order valence-corrected chi connectivity index (χ0v) is 15.9. The van der Waals surface area contributed by atoms with Gasteiger partial charge >= 0.3 is 0 Å². The van der Waals surface area contributed by atoms with E-state index >= 15 is 0 Å². The van der Waals surface area contributed by atoms with Crippen LogP contribution in [0.15, 0.2) is 77.4 Å². The summed E-state index contributed by atoms with van der Waals surface area (Å²) in [6.07, 6.45) is 2.53. The molecule has 4 heteroatoms. The van der Waals surface area contributed by atoms with Crippen molar-refractivity contribution in [3.8, 4) is 0 Å². The van der Waals surface area contributed by atoms with Crippen molar-refractivity contribution < 1.29 is 14.5 Å². The quantitative estimate of drug-likeness (QED) is 0.643. The maximum absolute atomic E-state index is 12.6. The Morgan fingerprint density at radius 2 is 1.74 bits per heavy atom. The molecule has 27 heavy (non-hydrogen) atoms. The molecule has 0 bridgehead atoms. The maximum atomic E-state index is 12.6. The summed E-state index contributed by atoms with van der Waals surface area (Å²) in [5.74, 6) is 0.870. The molecule has 2 aromatic carbocycles. The summed E-state index contributed by atoms with van der Waals surface area (Å²) in [7, 11) is 0. The van der Waals surface area contributed by atoms with E-state index in [1.807, 2.05) is 35.6 Å². The molecule has 0 spiro atoms. The Hall–Kier alpha value is -2.85. The first kappa shape index (κ1) is 18.9. The van der Waals surface area contributed by atoms with Crippen molar-refractivity contribution in [2.24, 2.45) is 0 Å². The SMILES string of the molecule is CC[C@H](NC(=O)C[NH2+][C@@H](c1ccccc1)c1ccco1)c1ccc(C)cc1. The molecule has 0 radical (unpaired) electrons. The van der Waals surface area contributed by atoms with Crippen molar-refractivity contribution in [1.29, 1.82) is 0 Å². The lowest BCUT2D eigenvalue weighted by Gasteiger charge is -2.19. The molecular weight excluding hydrogens is 336 g/mol. The minimum absolute atomic E-state index is 0.0231. The van der Waals surface area contributed by atoms with E-state index in [1.165, 1.54) is 5.56 Å². The van der Waals surface area contributed by atoms with Crippen molar-refractivity contribution in [2.75, 3.05) is 6.54 Å². The van der Waals surface area contributed by atoms with Crippen molar-refractivity contribution in [2.45, 2.75) is 32.4 Å². The fraction of sp³-hybridized carbons (Fsp3) is 0.261. The molecule has 0 saturated heterocycles. The molecule has 3 N–H and O–H groups in total. The van der Waals surface area contributed by atoms with Crippen LogP contribution in [0.1, 0.15) is 47.9 Å². The van der Waals surface area contributed by atoms with Gasteiger partial charge in [-0.05, 0) is 31.0 Å². The summed E-state index contributed by atoms with van der Waals surface area (Å²) in [4.78, 5) is 12.6. The van der Waals surface area contributed by atoms with Gasteiger partial charge in [-0.3, -0.25) is 4.79 Å². The number of amides is 1. The molecule has 0 unspecified atom stereocenters. The number of hydrogen-bond donors (Lipinski definition) is 2. The molecule has 3 rings (SSSR count). The number of carbonyl (C=O) groups excluding carboxylic acids is 1. The van der Waals surface area contributed by atoms with Gasteiger partial charge in [0.05, 0.1) is 12.3 Å². The third kappa shape index (κ3) is 5.08. The second kappa shape index (κ2) is 9.19. The van der Waals surface area contributed by atoms with E-state index in [0.717, 1.165) is 23.3 Å². The van der Waals surface area contributed by atoms with Crippen molar-refractivity contribution in [3.63, 3.8) is 0 Å². The normalized spacial score (nSPS) is 13.1. The molecule has 3 aromatic rings. The highest BCUT2D eigenvalue weighted by Gasteiger charge is 2.22. The van der Waals surface area contributed by atoms with Gasteiger partial charge in [0.25, 0.3) is 5.91 Å². The van der Waals surface area contributed by atoms with Gasteiger partial charge in [-0.15, -0.1) is 0 Å². The highest BCUT2D eigenvalue weighted by Crippen LogP contribution is 2.19. The summed E-state index contributed by atoms with van der Waals surface area (Å²) >= 11 is 0. The molecular formula is C23H27N2O2+. The number of hydrogen-bond acceptors (Lipinski definition) is 2. The van der Waals surface area contributed by atoms with Gasteiger partial charge in [0.1, 0.15) is 0 Å². The smallest absolute Gasteiger partial charge is 0.275 e. The first-order chi connectivity index (χ1) is 13.2. The lowest BCUT2D eigenvalue weighted by molar-refractivity contribution is -0.678. The number of rotatable bonds is 8. The van der Waals surface area contributed by atoms with E-state index in [2.05, 4.69) is 55.6 Å². The van der Waals surface area contributed by atoms with Crippen molar-refractivity contribution in [1.82, 2.24) is 5.32 Å². The lowest BCUT2D eigenvalue weighted by atomic mass is 10.0. The monoisotopic (exact) mass is 363 g/mol. The summed E-state index contributed by atoms with van der Waals surface area (Å²) in [5, 5.41) is 5.17. The van der Waals surface area contributed by atoms with Crippen LogP contribution in [-0.4, -0.2) is 12.5 Å². The van der Waals surface area contributed by atoms with Crippen LogP contribution in [0.5, 0.6) is 0 Å². The Morgan fingerprint density at radius 3 is 2.37 bits per heavy atom. The molecule has 1 aromatic heterocycles. The first-order valence-electron chi connectivity index (χ1n) is 9.45. The highest BCUT2D eigenvalue weighted by molar-refractivity contribution is 5.77. The van der Waals surface area contributed by atoms with Gasteiger partial charge in [0.2, 0.25) is 0 Å². The first-order valence-corrected chi connectivity index (χ1v) is 9.45. The van der Waals surface area contributed by atoms with Gasteiger partial charge in [-0.25, -0.2) is 0 Å². The molecule has 2 atom stereocenters. The standard InChI is InChI=1S/C23H26N2O2/c1-3-20(18-13-11-17(2)12-14-18)25-22(26)16-24-23(21-10-7-15-27-21)19-8-5-4-6-9-19/h4-15,20,23-24H,3,16H2,1-2H3,(H,25,26)/p+1/t20-,23-/m0/s1. The predicted octanol–water partition coefficient (Wildman–Crippen LogP) is 3.51. The molecule has 0 aliphatic heterocycles. The zero-order valence-electron chi connectivity index (χ0n) is 15.9. The predicted molar refractivity (Wildman–Crippen MR) is 106 cm³/mol. The highest BCUT2D eigenvalue weighted by atomic mass is 16.3. The van der Waals surface area contributed by atoms with Crippen LogP contribution in [0.3, 0.4) is 0 Å². The fourth-order valence-corrected chi connectivity index (χ4v) is 3.24. The van der Waals surface area contributed by atoms with E-state index in [0.29, 0.717) is 6.54 Å². The largest absolute Gasteiger partial charge is 0.463 e. The third-order valence-corrected chi connectivity index (χ3v) is 4.77. The second-order valence-corrected chi connectivity index (χ2v) is 6.78. The van der Waals surface area contributed by atoms with E-state index in [4.69, 9.17) is 4.42 Å². The number of benzene rings is 2. The number of furan rings is 1. The van der Waals surface area contributed by atoms with Gasteiger partial charge in [-0.1, -0.05) is 67.1 Å². The Balaban J connectivity index is 1.64. The Labute approximate surface area is 160 Å². The molecule has 0 aliphatic rings. The minimum Gasteiger partial charge on any atom is -0.463 e. The van der Waals surface area contributed by atoms with Crippen molar-refractivity contribution >= 4 is 5.91 Å². The van der Waals surface area contributed by atoms with Crippen molar-refractivity contribution in [3.05, 3.63) is 95.4 Å². The third-order valence-electron chi connectivity index (χ3n) is 4.77. The molecule has 0 fully saturated rings. The van der Waals surface area contributed by atoms with Crippen LogP contribution in [0.25, 0.3) is 0 Å². The fourth-order valence-electron chi connectivity index (χ4n) is 3.24. The van der Waals surface area contributed by atoms with Crippen LogP contribution in [-0.2, 0) is 4.79 Å². The number of carbonyl (C=O) groups is 1. The molecule has 140 valence electrons. The van der Waals surface area contributed by atoms with Crippen LogP contribution in [0, 0.1) is 6.92 Å². The Bertz CT molecular complexity index is 827. The number of aryl methyl sites for hydroxylation is 1. The Morgan fingerprint density at radius 1 is 1.00 bits per heavy atom. The average Bonchev–Trinajstić information content (AvgIpc) is 3.22. The molecule has 0 aliphatic carbocycles. The summed E-state index contributed by atoms with van der Waals surface area (Å²) in [5.41, 5.74) is 3.48. The summed E-state index contributed by atoms with van der Waals surface area (Å²) < 4.78 is 5.60. The minimum atomic E-state index is -0.0357. The molecule has 0 saturated carbocycles. The molecule has 1 amide bonds. The van der Waals surface area contributed by atoms with Gasteiger partial charge < -0.3 is 15.1 Å². The van der Waals surface area contributed by atoms with Gasteiger partial charge in [0.15, 0.2) is 18.3 Å². The number of quaternary nitrogens is 1. The molecule has 1 heterocycles. The van der Waals surface area contributed by atoms with Crippen LogP contribution in [0.2, 0.25) is 0 Å². The van der Waals surface area contributed by atoms with E-state index in [9.17, 15) is 4.79 Å². The topological polar surface area (TPSA) is 58.9 Å². The zero-order chi connectivity index (χ0) is 19.1. The van der Waals surface area contributed by atoms with E-state index < -0.39 is 0 Å². The Kier molecular flexibility index (Phi) is 6.44. The number of nitrogens with two attached hydrogens (primary N) is 1. The van der Waals surface area contributed by atoms with Crippen LogP contribution < -0.4 is 10.6 Å². The lowest BCUT2D eigenvalue weighted by Crippen LogP contribution is -2.87. The van der Waals surface area contributed by atoms with E-state index in [-0.39, 0.29) is 18.0 Å². The average molecular weight is 363 g/mol. The van der Waals surface area contributed by atoms with Gasteiger partial charge in [0, 0.05) is 5.56 Å². The van der Waals surface area contributed by atoms with E-state index in [1.54, 1.807) is 6.26 Å². The van der Waals surface area contributed by atoms with Gasteiger partial charge in [-0.2, -0.15) is 0 Å². The summed E-state index contributed by atoms with van der Waals surface area (Å²) in [6.45, 7) is 4.49. The molecule has 4 nitrogen and oxygen atoms in total.